The Labute approximate surface area is 143 Å². The molecular weight excluding hydrogens is 326 g/mol. The van der Waals surface area contributed by atoms with E-state index in [1.54, 1.807) is 0 Å². The van der Waals surface area contributed by atoms with Gasteiger partial charge in [0.05, 0.1) is 5.69 Å². The lowest BCUT2D eigenvalue weighted by atomic mass is 9.91. The second kappa shape index (κ2) is 6.89. The molecule has 1 aromatic heterocycles. The SMILES string of the molecule is Cc1csc(=S)n1OC(=O)C(c1ccccc1)c1ccccc1. The van der Waals surface area contributed by atoms with E-state index in [9.17, 15) is 4.79 Å². The third-order valence-electron chi connectivity index (χ3n) is 3.50. The van der Waals surface area contributed by atoms with Crippen LogP contribution in [0.2, 0.25) is 0 Å². The van der Waals surface area contributed by atoms with Crippen LogP contribution in [0.5, 0.6) is 0 Å². The summed E-state index contributed by atoms with van der Waals surface area (Å²) in [6, 6.07) is 19.2. The van der Waals surface area contributed by atoms with Crippen molar-refractivity contribution in [3.05, 3.63) is 86.8 Å². The third-order valence-corrected chi connectivity index (χ3v) is 4.78. The summed E-state index contributed by atoms with van der Waals surface area (Å²) < 4.78 is 1.94. The molecule has 0 aliphatic heterocycles. The molecule has 0 aliphatic rings. The van der Waals surface area contributed by atoms with Gasteiger partial charge in [0.15, 0.2) is 3.95 Å². The molecule has 23 heavy (non-hydrogen) atoms. The first-order valence-electron chi connectivity index (χ1n) is 7.16. The van der Waals surface area contributed by atoms with E-state index in [1.165, 1.54) is 16.1 Å². The van der Waals surface area contributed by atoms with Crippen molar-refractivity contribution in [3.8, 4) is 0 Å². The van der Waals surface area contributed by atoms with Crippen molar-refractivity contribution in [2.45, 2.75) is 12.8 Å². The van der Waals surface area contributed by atoms with Gasteiger partial charge in [-0.3, -0.25) is 0 Å². The van der Waals surface area contributed by atoms with Gasteiger partial charge in [-0.05, 0) is 30.3 Å². The maximum atomic E-state index is 12.8. The number of rotatable bonds is 4. The van der Waals surface area contributed by atoms with Crippen molar-refractivity contribution < 1.29 is 9.63 Å². The van der Waals surface area contributed by atoms with Crippen LogP contribution in [0, 0.1) is 10.9 Å². The predicted molar refractivity (Wildman–Crippen MR) is 94.2 cm³/mol. The molecule has 0 unspecified atom stereocenters. The van der Waals surface area contributed by atoms with Crippen molar-refractivity contribution in [1.29, 1.82) is 0 Å². The molecule has 0 radical (unpaired) electrons. The summed E-state index contributed by atoms with van der Waals surface area (Å²) in [4.78, 5) is 18.4. The van der Waals surface area contributed by atoms with Crippen molar-refractivity contribution in [2.75, 3.05) is 0 Å². The van der Waals surface area contributed by atoms with Gasteiger partial charge >= 0.3 is 5.97 Å². The van der Waals surface area contributed by atoms with Crippen LogP contribution in [0.1, 0.15) is 22.7 Å². The monoisotopic (exact) mass is 341 g/mol. The molecular formula is C18H15NO2S2. The topological polar surface area (TPSA) is 31.2 Å². The van der Waals surface area contributed by atoms with Crippen LogP contribution in [-0.4, -0.2) is 10.7 Å². The zero-order valence-electron chi connectivity index (χ0n) is 12.5. The van der Waals surface area contributed by atoms with E-state index in [1.807, 2.05) is 73.0 Å². The molecule has 5 heteroatoms. The minimum Gasteiger partial charge on any atom is -0.334 e. The second-order valence-electron chi connectivity index (χ2n) is 5.10. The lowest BCUT2D eigenvalue weighted by Gasteiger charge is -2.17. The van der Waals surface area contributed by atoms with Crippen LogP contribution in [-0.2, 0) is 4.79 Å². The molecule has 0 amide bonds. The average molecular weight is 341 g/mol. The van der Waals surface area contributed by atoms with Crippen LogP contribution >= 0.6 is 23.6 Å². The first-order chi connectivity index (χ1) is 11.2. The molecule has 1 heterocycles. The van der Waals surface area contributed by atoms with E-state index in [4.69, 9.17) is 17.1 Å². The number of thiazole rings is 1. The minimum absolute atomic E-state index is 0.347. The van der Waals surface area contributed by atoms with Gasteiger partial charge in [0.25, 0.3) is 0 Å². The zero-order chi connectivity index (χ0) is 16.2. The molecule has 0 N–H and O–H groups in total. The average Bonchev–Trinajstić information content (AvgIpc) is 2.89. The summed E-state index contributed by atoms with van der Waals surface area (Å²) in [6.45, 7) is 1.86. The van der Waals surface area contributed by atoms with Gasteiger partial charge in [0.1, 0.15) is 5.92 Å². The molecule has 3 nitrogen and oxygen atoms in total. The van der Waals surface area contributed by atoms with Crippen LogP contribution in [0.3, 0.4) is 0 Å². The van der Waals surface area contributed by atoms with E-state index in [-0.39, 0.29) is 5.97 Å². The highest BCUT2D eigenvalue weighted by Crippen LogP contribution is 2.25. The fraction of sp³-hybridized carbons (Fsp3) is 0.111. The molecule has 0 aliphatic carbocycles. The summed E-state index contributed by atoms with van der Waals surface area (Å²) in [6.07, 6.45) is 0. The van der Waals surface area contributed by atoms with Crippen molar-refractivity contribution in [1.82, 2.24) is 4.73 Å². The van der Waals surface area contributed by atoms with Crippen molar-refractivity contribution in [3.63, 3.8) is 0 Å². The molecule has 0 saturated heterocycles. The van der Waals surface area contributed by atoms with E-state index in [0.717, 1.165) is 16.8 Å². The minimum atomic E-state index is -0.487. The second-order valence-corrected chi connectivity index (χ2v) is 6.61. The molecule has 3 aromatic rings. The Bertz CT molecular complexity index is 814. The van der Waals surface area contributed by atoms with Gasteiger partial charge in [-0.15, -0.1) is 11.3 Å². The molecule has 0 bridgehead atoms. The quantitative estimate of drug-likeness (QED) is 0.660. The Morgan fingerprint density at radius 1 is 1.04 bits per heavy atom. The Balaban J connectivity index is 1.99. The number of carbonyl (C=O) groups is 1. The molecule has 0 spiro atoms. The van der Waals surface area contributed by atoms with Crippen molar-refractivity contribution in [2.24, 2.45) is 0 Å². The fourth-order valence-electron chi connectivity index (χ4n) is 2.38. The van der Waals surface area contributed by atoms with Crippen molar-refractivity contribution >= 4 is 29.5 Å². The number of carbonyl (C=O) groups excluding carboxylic acids is 1. The smallest absolute Gasteiger partial charge is 0.334 e. The first kappa shape index (κ1) is 15.6. The van der Waals surface area contributed by atoms with Crippen LogP contribution in [0.25, 0.3) is 0 Å². The number of nitrogens with zero attached hydrogens (tertiary/aromatic N) is 1. The highest BCUT2D eigenvalue weighted by Gasteiger charge is 2.25. The summed E-state index contributed by atoms with van der Waals surface area (Å²) in [7, 11) is 0. The van der Waals surface area contributed by atoms with Gasteiger partial charge in [-0.25, -0.2) is 4.79 Å². The molecule has 0 atom stereocenters. The highest BCUT2D eigenvalue weighted by atomic mass is 32.1. The lowest BCUT2D eigenvalue weighted by Crippen LogP contribution is -2.27. The number of aryl methyl sites for hydroxylation is 1. The zero-order valence-corrected chi connectivity index (χ0v) is 14.1. The normalized spacial score (nSPS) is 10.7. The Kier molecular flexibility index (Phi) is 4.69. The maximum absolute atomic E-state index is 12.8. The van der Waals surface area contributed by atoms with E-state index in [2.05, 4.69) is 0 Å². The van der Waals surface area contributed by atoms with Crippen LogP contribution < -0.4 is 4.84 Å². The summed E-state index contributed by atoms with van der Waals surface area (Å²) in [5.41, 5.74) is 2.60. The maximum Gasteiger partial charge on any atom is 0.344 e. The summed E-state index contributed by atoms with van der Waals surface area (Å²) >= 11 is 6.59. The van der Waals surface area contributed by atoms with Gasteiger partial charge < -0.3 is 4.84 Å². The number of benzene rings is 2. The van der Waals surface area contributed by atoms with E-state index in [0.29, 0.717) is 3.95 Å². The number of hydrogen-bond donors (Lipinski definition) is 0. The van der Waals surface area contributed by atoms with Crippen LogP contribution in [0.15, 0.2) is 66.0 Å². The predicted octanol–water partition coefficient (Wildman–Crippen LogP) is 4.37. The molecule has 3 rings (SSSR count). The fourth-order valence-corrected chi connectivity index (χ4v) is 3.35. The molecule has 0 saturated carbocycles. The van der Waals surface area contributed by atoms with E-state index >= 15 is 0 Å². The molecule has 2 aromatic carbocycles. The van der Waals surface area contributed by atoms with Crippen LogP contribution in [0.4, 0.5) is 0 Å². The lowest BCUT2D eigenvalue weighted by molar-refractivity contribution is -0.145. The Hall–Kier alpha value is -2.24. The standard InChI is InChI=1S/C18H15NO2S2/c1-13-12-23-18(22)19(13)21-17(20)16(14-8-4-2-5-9-14)15-10-6-3-7-11-15/h2-12,16H,1H3. The highest BCUT2D eigenvalue weighted by molar-refractivity contribution is 7.73. The van der Waals surface area contributed by atoms with Gasteiger partial charge in [-0.1, -0.05) is 60.7 Å². The summed E-state index contributed by atoms with van der Waals surface area (Å²) in [5, 5.41) is 1.87. The number of hydrogen-bond acceptors (Lipinski definition) is 4. The molecule has 0 fully saturated rings. The third kappa shape index (κ3) is 3.41. The molecule has 116 valence electrons. The van der Waals surface area contributed by atoms with Gasteiger partial charge in [0, 0.05) is 5.38 Å². The van der Waals surface area contributed by atoms with Gasteiger partial charge in [0.2, 0.25) is 0 Å². The first-order valence-corrected chi connectivity index (χ1v) is 8.45. The summed E-state index contributed by atoms with van der Waals surface area (Å²) in [5.74, 6) is -0.835. The Morgan fingerprint density at radius 3 is 2.00 bits per heavy atom. The number of aromatic nitrogens is 1. The Morgan fingerprint density at radius 2 is 1.57 bits per heavy atom. The largest absolute Gasteiger partial charge is 0.344 e. The van der Waals surface area contributed by atoms with Gasteiger partial charge in [-0.2, -0.15) is 4.73 Å². The van der Waals surface area contributed by atoms with E-state index < -0.39 is 5.92 Å².